The summed E-state index contributed by atoms with van der Waals surface area (Å²) >= 11 is 0. The van der Waals surface area contributed by atoms with Crippen molar-refractivity contribution in [1.82, 2.24) is 9.21 Å². The Morgan fingerprint density at radius 3 is 2.31 bits per heavy atom. The molecule has 0 unspecified atom stereocenters. The van der Waals surface area contributed by atoms with Gasteiger partial charge >= 0.3 is 0 Å². The molecule has 1 aliphatic heterocycles. The fraction of sp³-hybridized carbons (Fsp3) is 0.273. The van der Waals surface area contributed by atoms with E-state index >= 15 is 0 Å². The SMILES string of the molecule is COCCN1C(=O)C(=O)C(=C(O)c2ccc(S(=O)(=O)N(C)C)cc2)[C@H]1c1ccccc1F. The predicted molar refractivity (Wildman–Crippen MR) is 115 cm³/mol. The lowest BCUT2D eigenvalue weighted by molar-refractivity contribution is -0.140. The molecule has 0 aromatic heterocycles. The molecule has 0 saturated carbocycles. The van der Waals surface area contributed by atoms with E-state index in [4.69, 9.17) is 4.74 Å². The first-order valence-electron chi connectivity index (χ1n) is 9.66. The number of hydrogen-bond acceptors (Lipinski definition) is 6. The highest BCUT2D eigenvalue weighted by molar-refractivity contribution is 7.89. The monoisotopic (exact) mass is 462 g/mol. The lowest BCUT2D eigenvalue weighted by Gasteiger charge is -2.25. The summed E-state index contributed by atoms with van der Waals surface area (Å²) in [6.45, 7) is 0.117. The van der Waals surface area contributed by atoms with Crippen LogP contribution >= 0.6 is 0 Å². The molecule has 8 nitrogen and oxygen atoms in total. The van der Waals surface area contributed by atoms with E-state index in [2.05, 4.69) is 0 Å². The Labute approximate surface area is 185 Å². The Morgan fingerprint density at radius 1 is 1.12 bits per heavy atom. The number of aliphatic hydroxyl groups excluding tert-OH is 1. The topological polar surface area (TPSA) is 104 Å². The highest BCUT2D eigenvalue weighted by atomic mass is 32.2. The minimum absolute atomic E-state index is 0.00903. The highest BCUT2D eigenvalue weighted by Crippen LogP contribution is 2.40. The van der Waals surface area contributed by atoms with Crippen LogP contribution < -0.4 is 0 Å². The summed E-state index contributed by atoms with van der Waals surface area (Å²) in [7, 11) is 0.511. The molecule has 170 valence electrons. The van der Waals surface area contributed by atoms with Crippen LogP contribution in [0.25, 0.3) is 5.76 Å². The summed E-state index contributed by atoms with van der Waals surface area (Å²) in [6.07, 6.45) is 0. The number of aliphatic hydroxyl groups is 1. The minimum Gasteiger partial charge on any atom is -0.507 e. The van der Waals surface area contributed by atoms with Gasteiger partial charge in [0.15, 0.2) is 0 Å². The van der Waals surface area contributed by atoms with Crippen LogP contribution in [0, 0.1) is 5.82 Å². The first-order valence-corrected chi connectivity index (χ1v) is 11.1. The van der Waals surface area contributed by atoms with E-state index in [-0.39, 0.29) is 34.7 Å². The standard InChI is InChI=1S/C22H23FN2O6S/c1-24(2)32(29,30)15-10-8-14(9-11-15)20(26)18-19(16-6-4-5-7-17(16)23)25(12-13-31-3)22(28)21(18)27/h4-11,19,26H,12-13H2,1-3H3/t19-/m1/s1. The Balaban J connectivity index is 2.14. The molecule has 10 heteroatoms. The van der Waals surface area contributed by atoms with Crippen LogP contribution in [0.3, 0.4) is 0 Å². The third-order valence-corrected chi connectivity index (χ3v) is 7.01. The van der Waals surface area contributed by atoms with Crippen molar-refractivity contribution >= 4 is 27.5 Å². The van der Waals surface area contributed by atoms with Crippen molar-refractivity contribution in [2.75, 3.05) is 34.4 Å². The van der Waals surface area contributed by atoms with E-state index in [9.17, 15) is 27.5 Å². The van der Waals surface area contributed by atoms with Crippen molar-refractivity contribution in [1.29, 1.82) is 0 Å². The lowest BCUT2D eigenvalue weighted by Crippen LogP contribution is -2.33. The van der Waals surface area contributed by atoms with Crippen LogP contribution in [0.15, 0.2) is 59.0 Å². The molecule has 0 aliphatic carbocycles. The number of rotatable bonds is 7. The van der Waals surface area contributed by atoms with Gasteiger partial charge < -0.3 is 14.7 Å². The molecular weight excluding hydrogens is 439 g/mol. The molecule has 1 saturated heterocycles. The molecular formula is C22H23FN2O6S. The second kappa shape index (κ2) is 9.19. The van der Waals surface area contributed by atoms with Gasteiger partial charge in [-0.15, -0.1) is 0 Å². The van der Waals surface area contributed by atoms with E-state index in [0.29, 0.717) is 0 Å². The van der Waals surface area contributed by atoms with E-state index in [1.165, 1.54) is 63.7 Å². The van der Waals surface area contributed by atoms with Gasteiger partial charge in [-0.2, -0.15) is 0 Å². The maximum atomic E-state index is 14.6. The smallest absolute Gasteiger partial charge is 0.295 e. The number of ether oxygens (including phenoxy) is 1. The predicted octanol–water partition coefficient (Wildman–Crippen LogP) is 2.14. The first-order chi connectivity index (χ1) is 15.1. The quantitative estimate of drug-likeness (QED) is 0.384. The lowest BCUT2D eigenvalue weighted by atomic mass is 9.95. The third kappa shape index (κ3) is 4.16. The van der Waals surface area contributed by atoms with Crippen molar-refractivity contribution in [3.05, 3.63) is 71.0 Å². The summed E-state index contributed by atoms with van der Waals surface area (Å²) in [4.78, 5) is 26.7. The number of amides is 1. The second-order valence-electron chi connectivity index (χ2n) is 7.32. The number of methoxy groups -OCH3 is 1. The number of nitrogens with zero attached hydrogens (tertiary/aromatic N) is 2. The number of hydrogen-bond donors (Lipinski definition) is 1. The van der Waals surface area contributed by atoms with Crippen LogP contribution in [-0.4, -0.2) is 68.8 Å². The molecule has 0 spiro atoms. The molecule has 1 fully saturated rings. The largest absolute Gasteiger partial charge is 0.507 e. The molecule has 1 aliphatic rings. The van der Waals surface area contributed by atoms with Gasteiger partial charge in [0, 0.05) is 38.9 Å². The molecule has 3 rings (SSSR count). The molecule has 0 bridgehead atoms. The van der Waals surface area contributed by atoms with E-state index in [1.54, 1.807) is 6.07 Å². The summed E-state index contributed by atoms with van der Waals surface area (Å²) in [6, 6.07) is 9.74. The van der Waals surface area contributed by atoms with Gasteiger partial charge in [0.25, 0.3) is 11.7 Å². The summed E-state index contributed by atoms with van der Waals surface area (Å²) in [5, 5.41) is 10.9. The zero-order valence-corrected chi connectivity index (χ0v) is 18.6. The average Bonchev–Trinajstić information content (AvgIpc) is 3.02. The molecule has 2 aromatic carbocycles. The number of carbonyl (C=O) groups excluding carboxylic acids is 2. The number of benzene rings is 2. The van der Waals surface area contributed by atoms with Gasteiger partial charge in [-0.3, -0.25) is 9.59 Å². The van der Waals surface area contributed by atoms with Gasteiger partial charge in [0.05, 0.1) is 23.1 Å². The van der Waals surface area contributed by atoms with Gasteiger partial charge in [0.1, 0.15) is 11.6 Å². The van der Waals surface area contributed by atoms with Crippen LogP contribution in [-0.2, 0) is 24.3 Å². The summed E-state index contributed by atoms with van der Waals surface area (Å²) in [5.41, 5.74) is -0.107. The molecule has 1 N–H and O–H groups in total. The molecule has 32 heavy (non-hydrogen) atoms. The Hall–Kier alpha value is -3.08. The Bertz CT molecular complexity index is 1180. The number of sulfonamides is 1. The molecule has 0 radical (unpaired) electrons. The second-order valence-corrected chi connectivity index (χ2v) is 9.47. The molecule has 1 heterocycles. The van der Waals surface area contributed by atoms with Gasteiger partial charge in [-0.05, 0) is 30.3 Å². The maximum Gasteiger partial charge on any atom is 0.295 e. The van der Waals surface area contributed by atoms with Gasteiger partial charge in [-0.25, -0.2) is 17.1 Å². The third-order valence-electron chi connectivity index (χ3n) is 5.18. The highest BCUT2D eigenvalue weighted by Gasteiger charge is 2.46. The minimum atomic E-state index is -3.69. The fourth-order valence-electron chi connectivity index (χ4n) is 3.47. The zero-order valence-electron chi connectivity index (χ0n) is 17.8. The summed E-state index contributed by atoms with van der Waals surface area (Å²) < 4.78 is 45.2. The van der Waals surface area contributed by atoms with Crippen molar-refractivity contribution < 1.29 is 32.2 Å². The van der Waals surface area contributed by atoms with E-state index < -0.39 is 39.3 Å². The number of likely N-dealkylation sites (tertiary alicyclic amines) is 1. The fourth-order valence-corrected chi connectivity index (χ4v) is 4.37. The zero-order chi connectivity index (χ0) is 23.6. The number of ketones is 1. The number of Topliss-reactive ketones (excluding diaryl/α,β-unsaturated/α-hetero) is 1. The molecule has 2 aromatic rings. The molecule has 1 atom stereocenters. The Morgan fingerprint density at radius 2 is 1.75 bits per heavy atom. The normalized spacial score (nSPS) is 18.5. The van der Waals surface area contributed by atoms with Crippen molar-refractivity contribution in [2.24, 2.45) is 0 Å². The van der Waals surface area contributed by atoms with Crippen LogP contribution in [0.5, 0.6) is 0 Å². The van der Waals surface area contributed by atoms with Crippen molar-refractivity contribution in [2.45, 2.75) is 10.9 Å². The Kier molecular flexibility index (Phi) is 6.77. The van der Waals surface area contributed by atoms with E-state index in [1.807, 2.05) is 0 Å². The van der Waals surface area contributed by atoms with Crippen LogP contribution in [0.4, 0.5) is 4.39 Å². The average molecular weight is 462 g/mol. The first kappa shape index (κ1) is 23.6. The van der Waals surface area contributed by atoms with E-state index in [0.717, 1.165) is 9.21 Å². The number of carbonyl (C=O) groups is 2. The van der Waals surface area contributed by atoms with Gasteiger partial charge in [0.2, 0.25) is 10.0 Å². The van der Waals surface area contributed by atoms with Gasteiger partial charge in [-0.1, -0.05) is 18.2 Å². The van der Waals surface area contributed by atoms with Crippen LogP contribution in [0.1, 0.15) is 17.2 Å². The van der Waals surface area contributed by atoms with Crippen LogP contribution in [0.2, 0.25) is 0 Å². The van der Waals surface area contributed by atoms with Crippen molar-refractivity contribution in [3.8, 4) is 0 Å². The summed E-state index contributed by atoms with van der Waals surface area (Å²) in [5.74, 6) is -3.01. The van der Waals surface area contributed by atoms with Crippen molar-refractivity contribution in [3.63, 3.8) is 0 Å². The maximum absolute atomic E-state index is 14.6. The molecule has 1 amide bonds. The number of halogens is 1.